The van der Waals surface area contributed by atoms with Gasteiger partial charge in [0.15, 0.2) is 0 Å². The molecule has 0 fully saturated rings. The Morgan fingerprint density at radius 3 is 2.56 bits per heavy atom. The molecule has 0 radical (unpaired) electrons. The van der Waals surface area contributed by atoms with E-state index in [-0.39, 0.29) is 0 Å². The highest BCUT2D eigenvalue weighted by atomic mass is 32.2. The molecule has 1 aliphatic rings. The van der Waals surface area contributed by atoms with Gasteiger partial charge in [0, 0.05) is 17.1 Å². The van der Waals surface area contributed by atoms with Gasteiger partial charge in [0.1, 0.15) is 0 Å². The molecular weight excluding hydrogens is 218 g/mol. The second-order valence-electron chi connectivity index (χ2n) is 4.06. The molecule has 0 bridgehead atoms. The van der Waals surface area contributed by atoms with Crippen molar-refractivity contribution in [3.05, 3.63) is 46.5 Å². The number of hydrogen-bond donors (Lipinski definition) is 1. The van der Waals surface area contributed by atoms with E-state index in [0.29, 0.717) is 6.54 Å². The Kier molecular flexibility index (Phi) is 3.56. The molecule has 86 valence electrons. The highest BCUT2D eigenvalue weighted by molar-refractivity contribution is 8.03. The lowest BCUT2D eigenvalue weighted by Crippen LogP contribution is -2.24. The first kappa shape index (κ1) is 11.6. The molecule has 1 aliphatic heterocycles. The minimum atomic E-state index is -0.400. The van der Waals surface area contributed by atoms with Crippen molar-refractivity contribution in [2.24, 2.45) is 0 Å². The molecule has 1 atom stereocenters. The van der Waals surface area contributed by atoms with Gasteiger partial charge in [-0.3, -0.25) is 0 Å². The van der Waals surface area contributed by atoms with E-state index in [9.17, 15) is 5.11 Å². The standard InChI is InChI=1S/C13H17NOS/c1-10-11(2)16-9-14(10)8-13(15)12-6-4-3-5-7-12/h3-7,13,15H,8-9H2,1-2H3. The minimum Gasteiger partial charge on any atom is -0.387 e. The fourth-order valence-electron chi connectivity index (χ4n) is 1.78. The molecule has 1 aromatic rings. The third-order valence-corrected chi connectivity index (χ3v) is 4.17. The molecule has 2 nitrogen and oxygen atoms in total. The predicted molar refractivity (Wildman–Crippen MR) is 68.9 cm³/mol. The number of aliphatic hydroxyl groups is 1. The molecule has 2 rings (SSSR count). The van der Waals surface area contributed by atoms with Crippen molar-refractivity contribution < 1.29 is 5.11 Å². The normalized spacial score (nSPS) is 18.1. The second kappa shape index (κ2) is 4.93. The van der Waals surface area contributed by atoms with Crippen LogP contribution >= 0.6 is 11.8 Å². The lowest BCUT2D eigenvalue weighted by molar-refractivity contribution is 0.139. The van der Waals surface area contributed by atoms with Crippen LogP contribution in [0.1, 0.15) is 25.5 Å². The van der Waals surface area contributed by atoms with Gasteiger partial charge in [-0.1, -0.05) is 30.3 Å². The highest BCUT2D eigenvalue weighted by Crippen LogP contribution is 2.32. The molecule has 0 amide bonds. The number of nitrogens with zero attached hydrogens (tertiary/aromatic N) is 1. The van der Waals surface area contributed by atoms with Gasteiger partial charge in [-0.25, -0.2) is 0 Å². The van der Waals surface area contributed by atoms with Crippen LogP contribution in [0, 0.1) is 0 Å². The van der Waals surface area contributed by atoms with Crippen molar-refractivity contribution in [3.8, 4) is 0 Å². The van der Waals surface area contributed by atoms with E-state index in [4.69, 9.17) is 0 Å². The third-order valence-electron chi connectivity index (χ3n) is 3.00. The van der Waals surface area contributed by atoms with Crippen LogP contribution in [-0.4, -0.2) is 22.4 Å². The first-order valence-corrected chi connectivity index (χ1v) is 6.45. The maximum Gasteiger partial charge on any atom is 0.0965 e. The number of aliphatic hydroxyl groups excluding tert-OH is 1. The van der Waals surface area contributed by atoms with Crippen molar-refractivity contribution >= 4 is 11.8 Å². The summed E-state index contributed by atoms with van der Waals surface area (Å²) in [6.07, 6.45) is -0.400. The van der Waals surface area contributed by atoms with E-state index >= 15 is 0 Å². The molecule has 0 aliphatic carbocycles. The number of β-amino-alcohol motifs (C(OH)–C–C–N with tert-alkyl or cyclic N) is 1. The predicted octanol–water partition coefficient (Wildman–Crippen LogP) is 2.98. The van der Waals surface area contributed by atoms with E-state index in [1.165, 1.54) is 10.6 Å². The Morgan fingerprint density at radius 1 is 1.31 bits per heavy atom. The zero-order valence-electron chi connectivity index (χ0n) is 9.68. The Bertz CT molecular complexity index is 388. The van der Waals surface area contributed by atoms with Gasteiger partial charge in [0.25, 0.3) is 0 Å². The van der Waals surface area contributed by atoms with Crippen LogP contribution in [0.2, 0.25) is 0 Å². The first-order chi connectivity index (χ1) is 7.68. The van der Waals surface area contributed by atoms with Crippen LogP contribution in [0.25, 0.3) is 0 Å². The first-order valence-electron chi connectivity index (χ1n) is 5.46. The number of hydrogen-bond acceptors (Lipinski definition) is 3. The van der Waals surface area contributed by atoms with Gasteiger partial charge >= 0.3 is 0 Å². The summed E-state index contributed by atoms with van der Waals surface area (Å²) in [5.41, 5.74) is 2.28. The van der Waals surface area contributed by atoms with Gasteiger partial charge in [0.05, 0.1) is 12.0 Å². The van der Waals surface area contributed by atoms with Gasteiger partial charge in [-0.05, 0) is 19.4 Å². The maximum atomic E-state index is 10.1. The quantitative estimate of drug-likeness (QED) is 0.871. The van der Waals surface area contributed by atoms with Gasteiger partial charge in [-0.2, -0.15) is 0 Å². The lowest BCUT2D eigenvalue weighted by atomic mass is 10.1. The topological polar surface area (TPSA) is 23.5 Å². The third kappa shape index (κ3) is 2.42. The molecule has 1 heterocycles. The molecule has 0 saturated heterocycles. The van der Waals surface area contributed by atoms with Crippen LogP contribution in [0.5, 0.6) is 0 Å². The summed E-state index contributed by atoms with van der Waals surface area (Å²) < 4.78 is 0. The molecule has 1 aromatic carbocycles. The molecule has 3 heteroatoms. The van der Waals surface area contributed by atoms with Crippen molar-refractivity contribution in [2.45, 2.75) is 20.0 Å². The van der Waals surface area contributed by atoms with Crippen molar-refractivity contribution in [1.82, 2.24) is 4.90 Å². The van der Waals surface area contributed by atoms with E-state index in [2.05, 4.69) is 18.7 Å². The molecule has 1 unspecified atom stereocenters. The average Bonchev–Trinajstić information content (AvgIpc) is 2.62. The molecule has 0 aromatic heterocycles. The van der Waals surface area contributed by atoms with E-state index in [0.717, 1.165) is 11.4 Å². The Balaban J connectivity index is 2.01. The van der Waals surface area contributed by atoms with Gasteiger partial charge in [-0.15, -0.1) is 11.8 Å². The number of thioether (sulfide) groups is 1. The smallest absolute Gasteiger partial charge is 0.0965 e. The Morgan fingerprint density at radius 2 is 2.00 bits per heavy atom. The summed E-state index contributed by atoms with van der Waals surface area (Å²) in [6, 6.07) is 9.84. The SMILES string of the molecule is CC1=C(C)N(CC(O)c2ccccc2)CS1. The fourth-order valence-corrected chi connectivity index (χ4v) is 2.76. The van der Waals surface area contributed by atoms with Crippen molar-refractivity contribution in [2.75, 3.05) is 12.4 Å². The summed E-state index contributed by atoms with van der Waals surface area (Å²) in [6.45, 7) is 4.93. The number of rotatable bonds is 3. The van der Waals surface area contributed by atoms with E-state index in [1.54, 1.807) is 0 Å². The monoisotopic (exact) mass is 235 g/mol. The summed E-state index contributed by atoms with van der Waals surface area (Å²) in [5, 5.41) is 10.1. The fraction of sp³-hybridized carbons (Fsp3) is 0.385. The summed E-state index contributed by atoms with van der Waals surface area (Å²) in [4.78, 5) is 3.60. The average molecular weight is 235 g/mol. The van der Waals surface area contributed by atoms with Gasteiger partial charge in [0.2, 0.25) is 0 Å². The van der Waals surface area contributed by atoms with Gasteiger partial charge < -0.3 is 10.0 Å². The van der Waals surface area contributed by atoms with Crippen LogP contribution < -0.4 is 0 Å². The van der Waals surface area contributed by atoms with Crippen LogP contribution in [0.3, 0.4) is 0 Å². The largest absolute Gasteiger partial charge is 0.387 e. The summed E-state index contributed by atoms with van der Waals surface area (Å²) in [7, 11) is 0. The molecular formula is C13H17NOS. The van der Waals surface area contributed by atoms with E-state index in [1.807, 2.05) is 42.1 Å². The zero-order valence-corrected chi connectivity index (χ0v) is 10.5. The number of benzene rings is 1. The van der Waals surface area contributed by atoms with Crippen LogP contribution in [0.4, 0.5) is 0 Å². The Hall–Kier alpha value is -0.930. The second-order valence-corrected chi connectivity index (χ2v) is 5.22. The lowest BCUT2D eigenvalue weighted by Gasteiger charge is -2.23. The summed E-state index contributed by atoms with van der Waals surface area (Å²) in [5.74, 6) is 0.960. The molecule has 16 heavy (non-hydrogen) atoms. The molecule has 1 N–H and O–H groups in total. The zero-order chi connectivity index (χ0) is 11.5. The molecule has 0 spiro atoms. The Labute approximate surface area is 101 Å². The van der Waals surface area contributed by atoms with Crippen molar-refractivity contribution in [1.29, 1.82) is 0 Å². The highest BCUT2D eigenvalue weighted by Gasteiger charge is 2.19. The van der Waals surface area contributed by atoms with Crippen molar-refractivity contribution in [3.63, 3.8) is 0 Å². The van der Waals surface area contributed by atoms with Crippen LogP contribution in [0.15, 0.2) is 40.9 Å². The van der Waals surface area contributed by atoms with E-state index < -0.39 is 6.10 Å². The minimum absolute atomic E-state index is 0.400. The van der Waals surface area contributed by atoms with Crippen LogP contribution in [-0.2, 0) is 0 Å². The number of allylic oxidation sites excluding steroid dienone is 2. The maximum absolute atomic E-state index is 10.1. The summed E-state index contributed by atoms with van der Waals surface area (Å²) >= 11 is 1.85. The molecule has 0 saturated carbocycles.